The van der Waals surface area contributed by atoms with Crippen molar-refractivity contribution in [1.29, 1.82) is 0 Å². The Balaban J connectivity index is 2.05. The van der Waals surface area contributed by atoms with E-state index in [1.54, 1.807) is 12.1 Å². The molecule has 0 atom stereocenters. The topological polar surface area (TPSA) is 81.8 Å². The van der Waals surface area contributed by atoms with Crippen molar-refractivity contribution in [3.8, 4) is 5.75 Å². The van der Waals surface area contributed by atoms with E-state index in [4.69, 9.17) is 10.5 Å². The Kier molecular flexibility index (Phi) is 2.89. The van der Waals surface area contributed by atoms with Crippen LogP contribution in [0.5, 0.6) is 5.75 Å². The molecule has 1 aromatic carbocycles. The van der Waals surface area contributed by atoms with Crippen LogP contribution in [-0.4, -0.2) is 20.1 Å². The molecule has 0 bridgehead atoms. The Labute approximate surface area is 99.5 Å². The van der Waals surface area contributed by atoms with Crippen molar-refractivity contribution in [2.75, 3.05) is 6.61 Å². The number of hydrogen-bond donors (Lipinski definition) is 1. The first-order chi connectivity index (χ1) is 7.97. The zero-order valence-electron chi connectivity index (χ0n) is 9.25. The lowest BCUT2D eigenvalue weighted by atomic mass is 10.2. The van der Waals surface area contributed by atoms with Crippen LogP contribution in [0.3, 0.4) is 0 Å². The first-order valence-corrected chi connectivity index (χ1v) is 6.51. The summed E-state index contributed by atoms with van der Waals surface area (Å²) in [6.45, 7) is 1.85. The highest BCUT2D eigenvalue weighted by Crippen LogP contribution is 2.14. The smallest absolute Gasteiger partial charge is 0.220 e. The van der Waals surface area contributed by atoms with E-state index in [1.807, 2.05) is 19.1 Å². The van der Waals surface area contributed by atoms with E-state index in [0.717, 1.165) is 11.0 Å². The van der Waals surface area contributed by atoms with Gasteiger partial charge in [-0.3, -0.25) is 0 Å². The first-order valence-electron chi connectivity index (χ1n) is 4.97. The Morgan fingerprint density at radius 1 is 1.29 bits per heavy atom. The Morgan fingerprint density at radius 2 is 1.94 bits per heavy atom. The van der Waals surface area contributed by atoms with Gasteiger partial charge in [-0.15, -0.1) is 0 Å². The van der Waals surface area contributed by atoms with E-state index in [-0.39, 0.29) is 17.5 Å². The molecular formula is C11H12N2O3S. The molecule has 2 rings (SSSR count). The average Bonchev–Trinajstić information content (AvgIpc) is 2.51. The third-order valence-corrected chi connectivity index (χ3v) is 3.66. The Bertz CT molecular complexity index is 586. The zero-order chi connectivity index (χ0) is 12.5. The molecule has 0 saturated carbocycles. The van der Waals surface area contributed by atoms with Gasteiger partial charge in [0.05, 0.1) is 5.41 Å². The van der Waals surface area contributed by atoms with Crippen molar-refractivity contribution < 1.29 is 13.2 Å². The minimum Gasteiger partial charge on any atom is -0.487 e. The summed E-state index contributed by atoms with van der Waals surface area (Å²) in [6, 6.07) is 7.31. The molecule has 0 amide bonds. The van der Waals surface area contributed by atoms with E-state index >= 15 is 0 Å². The number of aliphatic imine (C=N–C) groups is 1. The molecule has 0 aliphatic carbocycles. The van der Waals surface area contributed by atoms with Gasteiger partial charge in [-0.25, -0.2) is 13.4 Å². The molecule has 0 saturated heterocycles. The molecular weight excluding hydrogens is 240 g/mol. The molecule has 1 aliphatic heterocycles. The van der Waals surface area contributed by atoms with Crippen LogP contribution in [0.2, 0.25) is 0 Å². The predicted octanol–water partition coefficient (Wildman–Crippen LogP) is 0.958. The van der Waals surface area contributed by atoms with Crippen molar-refractivity contribution in [2.24, 2.45) is 10.7 Å². The van der Waals surface area contributed by atoms with Crippen molar-refractivity contribution in [3.05, 3.63) is 41.1 Å². The minimum absolute atomic E-state index is 0.00694. The number of benzene rings is 1. The SMILES string of the molecule is Cc1ccc(OCC2=NC(N)=CS2(=O)=O)cc1. The monoisotopic (exact) mass is 252 g/mol. The maximum atomic E-state index is 11.5. The van der Waals surface area contributed by atoms with Gasteiger partial charge in [0.15, 0.2) is 5.04 Å². The van der Waals surface area contributed by atoms with E-state index < -0.39 is 9.84 Å². The highest BCUT2D eigenvalue weighted by Gasteiger charge is 2.24. The van der Waals surface area contributed by atoms with E-state index in [1.165, 1.54) is 0 Å². The van der Waals surface area contributed by atoms with Gasteiger partial charge < -0.3 is 10.5 Å². The van der Waals surface area contributed by atoms with E-state index in [0.29, 0.717) is 5.75 Å². The van der Waals surface area contributed by atoms with Crippen LogP contribution in [0.4, 0.5) is 0 Å². The molecule has 2 N–H and O–H groups in total. The van der Waals surface area contributed by atoms with Crippen LogP contribution in [0.1, 0.15) is 5.56 Å². The second-order valence-corrected chi connectivity index (χ2v) is 5.49. The van der Waals surface area contributed by atoms with Gasteiger partial charge in [-0.05, 0) is 19.1 Å². The summed E-state index contributed by atoms with van der Waals surface area (Å²) in [5.74, 6) is 0.589. The second-order valence-electron chi connectivity index (χ2n) is 3.69. The fraction of sp³-hybridized carbons (Fsp3) is 0.182. The van der Waals surface area contributed by atoms with Gasteiger partial charge in [-0.2, -0.15) is 0 Å². The number of sulfone groups is 1. The molecule has 5 nitrogen and oxygen atoms in total. The lowest BCUT2D eigenvalue weighted by Gasteiger charge is -2.05. The molecule has 1 aliphatic rings. The summed E-state index contributed by atoms with van der Waals surface area (Å²) in [6.07, 6.45) is 0. The number of nitrogens with two attached hydrogens (primary N) is 1. The first kappa shape index (κ1) is 11.7. The normalized spacial score (nSPS) is 17.5. The molecule has 1 heterocycles. The number of aryl methyl sites for hydroxylation is 1. The molecule has 6 heteroatoms. The van der Waals surface area contributed by atoms with Crippen LogP contribution in [0, 0.1) is 6.92 Å². The Hall–Kier alpha value is -1.82. The molecule has 0 unspecified atom stereocenters. The third kappa shape index (κ3) is 2.65. The molecule has 1 aromatic rings. The second kappa shape index (κ2) is 4.21. The summed E-state index contributed by atoms with van der Waals surface area (Å²) < 4.78 is 28.3. The van der Waals surface area contributed by atoms with Crippen LogP contribution in [0.15, 0.2) is 40.5 Å². The van der Waals surface area contributed by atoms with Crippen molar-refractivity contribution in [1.82, 2.24) is 0 Å². The summed E-state index contributed by atoms with van der Waals surface area (Å²) in [5.41, 5.74) is 6.43. The van der Waals surface area contributed by atoms with Crippen molar-refractivity contribution >= 4 is 14.9 Å². The van der Waals surface area contributed by atoms with Gasteiger partial charge >= 0.3 is 0 Å². The zero-order valence-corrected chi connectivity index (χ0v) is 10.1. The average molecular weight is 252 g/mol. The molecule has 0 spiro atoms. The fourth-order valence-electron chi connectivity index (χ4n) is 1.35. The lowest BCUT2D eigenvalue weighted by molar-refractivity contribution is 0.378. The third-order valence-electron chi connectivity index (χ3n) is 2.24. The summed E-state index contributed by atoms with van der Waals surface area (Å²) in [7, 11) is -3.48. The van der Waals surface area contributed by atoms with Gasteiger partial charge in [0.25, 0.3) is 0 Å². The van der Waals surface area contributed by atoms with Crippen molar-refractivity contribution in [3.63, 3.8) is 0 Å². The highest BCUT2D eigenvalue weighted by molar-refractivity contribution is 8.09. The maximum absolute atomic E-state index is 11.5. The molecule has 0 radical (unpaired) electrons. The fourth-order valence-corrected chi connectivity index (χ4v) is 2.32. The molecule has 17 heavy (non-hydrogen) atoms. The van der Waals surface area contributed by atoms with E-state index in [2.05, 4.69) is 4.99 Å². The summed E-state index contributed by atoms with van der Waals surface area (Å²) >= 11 is 0. The van der Waals surface area contributed by atoms with Gasteiger partial charge in [0.2, 0.25) is 9.84 Å². The van der Waals surface area contributed by atoms with Crippen LogP contribution in [-0.2, 0) is 9.84 Å². The quantitative estimate of drug-likeness (QED) is 0.868. The van der Waals surface area contributed by atoms with Crippen LogP contribution < -0.4 is 10.5 Å². The predicted molar refractivity (Wildman–Crippen MR) is 65.3 cm³/mol. The molecule has 0 fully saturated rings. The van der Waals surface area contributed by atoms with Crippen LogP contribution in [0.25, 0.3) is 0 Å². The minimum atomic E-state index is -3.48. The number of ether oxygens (including phenoxy) is 1. The van der Waals surface area contributed by atoms with Gasteiger partial charge in [0, 0.05) is 0 Å². The van der Waals surface area contributed by atoms with Crippen molar-refractivity contribution in [2.45, 2.75) is 6.92 Å². The van der Waals surface area contributed by atoms with Gasteiger partial charge in [-0.1, -0.05) is 17.7 Å². The number of hydrogen-bond acceptors (Lipinski definition) is 5. The number of nitrogens with zero attached hydrogens (tertiary/aromatic N) is 1. The largest absolute Gasteiger partial charge is 0.487 e. The summed E-state index contributed by atoms with van der Waals surface area (Å²) in [4.78, 5) is 3.72. The highest BCUT2D eigenvalue weighted by atomic mass is 32.2. The maximum Gasteiger partial charge on any atom is 0.220 e. The van der Waals surface area contributed by atoms with Crippen LogP contribution >= 0.6 is 0 Å². The standard InChI is InChI=1S/C11H12N2O3S/c1-8-2-4-9(5-3-8)16-6-11-13-10(12)7-17(11,14)15/h2-5,7H,6,12H2,1H3. The summed E-state index contributed by atoms with van der Waals surface area (Å²) in [5, 5.41) is 0.872. The molecule has 0 aromatic heterocycles. The lowest BCUT2D eigenvalue weighted by Crippen LogP contribution is -2.17. The molecule has 90 valence electrons. The Morgan fingerprint density at radius 3 is 2.47 bits per heavy atom. The van der Waals surface area contributed by atoms with E-state index in [9.17, 15) is 8.42 Å². The number of rotatable bonds is 3. The van der Waals surface area contributed by atoms with Gasteiger partial charge in [0.1, 0.15) is 18.2 Å².